The normalized spacial score (nSPS) is 18.0. The molecule has 0 radical (unpaired) electrons. The van der Waals surface area contributed by atoms with Gasteiger partial charge in [0.1, 0.15) is 6.04 Å². The first-order valence-electron chi connectivity index (χ1n) is 9.99. The van der Waals surface area contributed by atoms with Crippen molar-refractivity contribution in [1.82, 2.24) is 9.80 Å². The van der Waals surface area contributed by atoms with Crippen molar-refractivity contribution in [3.8, 4) is 0 Å². The van der Waals surface area contributed by atoms with Crippen molar-refractivity contribution in [1.29, 1.82) is 0 Å². The van der Waals surface area contributed by atoms with E-state index < -0.39 is 6.04 Å². The number of carbonyl (C=O) groups is 3. The van der Waals surface area contributed by atoms with Gasteiger partial charge in [-0.1, -0.05) is 55.1 Å². The van der Waals surface area contributed by atoms with Crippen LogP contribution in [0.15, 0.2) is 61.2 Å². The van der Waals surface area contributed by atoms with Crippen LogP contribution in [-0.2, 0) is 4.79 Å². The highest BCUT2D eigenvalue weighted by molar-refractivity contribution is 6.10. The lowest BCUT2D eigenvalue weighted by Gasteiger charge is -2.35. The van der Waals surface area contributed by atoms with Gasteiger partial charge in [-0.25, -0.2) is 0 Å². The molecule has 4 rings (SSSR count). The minimum absolute atomic E-state index is 0.0654. The van der Waals surface area contributed by atoms with Gasteiger partial charge in [-0.05, 0) is 25.8 Å². The van der Waals surface area contributed by atoms with Gasteiger partial charge in [0.15, 0.2) is 5.78 Å². The molecule has 2 amide bonds. The lowest BCUT2D eigenvalue weighted by molar-refractivity contribution is -0.135. The maximum Gasteiger partial charge on any atom is 0.259 e. The van der Waals surface area contributed by atoms with Crippen LogP contribution in [0.25, 0.3) is 5.70 Å². The Hall–Kier alpha value is -3.21. The Morgan fingerprint density at radius 2 is 1.55 bits per heavy atom. The summed E-state index contributed by atoms with van der Waals surface area (Å²) in [6.45, 7) is 6.83. The molecule has 0 aromatic heterocycles. The van der Waals surface area contributed by atoms with Crippen molar-refractivity contribution in [2.75, 3.05) is 13.1 Å². The third kappa shape index (κ3) is 3.37. The van der Waals surface area contributed by atoms with E-state index in [1.54, 1.807) is 17.9 Å². The predicted molar refractivity (Wildman–Crippen MR) is 111 cm³/mol. The third-order valence-corrected chi connectivity index (χ3v) is 5.96. The molecule has 2 aliphatic rings. The lowest BCUT2D eigenvalue weighted by Crippen LogP contribution is -2.49. The maximum absolute atomic E-state index is 13.1. The molecular formula is C24H24N2O3. The molecule has 1 fully saturated rings. The number of hydrogen-bond acceptors (Lipinski definition) is 3. The largest absolute Gasteiger partial charge is 0.341 e. The number of amides is 2. The van der Waals surface area contributed by atoms with Gasteiger partial charge in [-0.2, -0.15) is 0 Å². The fourth-order valence-electron chi connectivity index (χ4n) is 4.29. The SMILES string of the molecule is C=C1c2ccccc2C(=O)N1[C@@H](C)C(=O)N1CCC(C(=O)c2ccccc2)CC1. The first-order valence-corrected chi connectivity index (χ1v) is 9.99. The first-order chi connectivity index (χ1) is 14.0. The number of ketones is 1. The molecule has 0 unspecified atom stereocenters. The highest BCUT2D eigenvalue weighted by Crippen LogP contribution is 2.33. The van der Waals surface area contributed by atoms with Crippen LogP contribution >= 0.6 is 0 Å². The van der Waals surface area contributed by atoms with Crippen LogP contribution in [0.4, 0.5) is 0 Å². The number of carbonyl (C=O) groups excluding carboxylic acids is 3. The smallest absolute Gasteiger partial charge is 0.259 e. The molecule has 29 heavy (non-hydrogen) atoms. The number of benzene rings is 2. The van der Waals surface area contributed by atoms with E-state index >= 15 is 0 Å². The van der Waals surface area contributed by atoms with Crippen molar-refractivity contribution in [3.05, 3.63) is 77.9 Å². The second kappa shape index (κ2) is 7.66. The molecule has 5 nitrogen and oxygen atoms in total. The van der Waals surface area contributed by atoms with Crippen LogP contribution in [0.1, 0.15) is 46.0 Å². The molecule has 1 atom stereocenters. The first kappa shape index (κ1) is 19.1. The number of likely N-dealkylation sites (tertiary alicyclic amines) is 1. The van der Waals surface area contributed by atoms with E-state index in [9.17, 15) is 14.4 Å². The Balaban J connectivity index is 1.41. The van der Waals surface area contributed by atoms with E-state index in [1.807, 2.05) is 48.5 Å². The Morgan fingerprint density at radius 1 is 0.966 bits per heavy atom. The summed E-state index contributed by atoms with van der Waals surface area (Å²) in [7, 11) is 0. The molecule has 148 valence electrons. The summed E-state index contributed by atoms with van der Waals surface area (Å²) in [4.78, 5) is 41.8. The number of rotatable bonds is 4. The second-order valence-electron chi connectivity index (χ2n) is 7.67. The molecule has 2 aromatic rings. The van der Waals surface area contributed by atoms with Crippen LogP contribution in [0.5, 0.6) is 0 Å². The summed E-state index contributed by atoms with van der Waals surface area (Å²) >= 11 is 0. The Morgan fingerprint density at radius 3 is 2.17 bits per heavy atom. The van der Waals surface area contributed by atoms with E-state index in [2.05, 4.69) is 6.58 Å². The fourth-order valence-corrected chi connectivity index (χ4v) is 4.29. The molecule has 5 heteroatoms. The van der Waals surface area contributed by atoms with Crippen LogP contribution in [0.3, 0.4) is 0 Å². The van der Waals surface area contributed by atoms with E-state index in [1.165, 1.54) is 4.90 Å². The molecule has 0 aliphatic carbocycles. The van der Waals surface area contributed by atoms with Crippen LogP contribution in [0, 0.1) is 5.92 Å². The van der Waals surface area contributed by atoms with Gasteiger partial charge >= 0.3 is 0 Å². The minimum atomic E-state index is -0.622. The minimum Gasteiger partial charge on any atom is -0.341 e. The lowest BCUT2D eigenvalue weighted by atomic mass is 9.88. The summed E-state index contributed by atoms with van der Waals surface area (Å²) in [6.07, 6.45) is 1.28. The van der Waals surface area contributed by atoms with Gasteiger partial charge in [0.05, 0.1) is 0 Å². The van der Waals surface area contributed by atoms with Crippen LogP contribution in [0.2, 0.25) is 0 Å². The monoisotopic (exact) mass is 388 g/mol. The van der Waals surface area contributed by atoms with Crippen LogP contribution < -0.4 is 0 Å². The van der Waals surface area contributed by atoms with Gasteiger partial charge in [0.25, 0.3) is 5.91 Å². The predicted octanol–water partition coefficient (Wildman–Crippen LogP) is 3.62. The summed E-state index contributed by atoms with van der Waals surface area (Å²) in [5.41, 5.74) is 2.66. The Kier molecular flexibility index (Phi) is 5.05. The molecular weight excluding hydrogens is 364 g/mol. The molecule has 1 saturated heterocycles. The number of nitrogens with zero attached hydrogens (tertiary/aromatic N) is 2. The Labute approximate surface area is 170 Å². The molecule has 0 N–H and O–H groups in total. The third-order valence-electron chi connectivity index (χ3n) is 5.96. The van der Waals surface area contributed by atoms with Crippen molar-refractivity contribution in [2.45, 2.75) is 25.8 Å². The highest BCUT2D eigenvalue weighted by atomic mass is 16.2. The van der Waals surface area contributed by atoms with Crippen molar-refractivity contribution in [3.63, 3.8) is 0 Å². The summed E-state index contributed by atoms with van der Waals surface area (Å²) in [6, 6.07) is 16.0. The molecule has 0 spiro atoms. The van der Waals surface area contributed by atoms with Crippen molar-refractivity contribution in [2.24, 2.45) is 5.92 Å². The molecule has 0 bridgehead atoms. The van der Waals surface area contributed by atoms with Gasteiger partial charge in [-0.15, -0.1) is 0 Å². The molecule has 2 heterocycles. The number of fused-ring (bicyclic) bond motifs is 1. The zero-order valence-electron chi connectivity index (χ0n) is 16.5. The number of hydrogen-bond donors (Lipinski definition) is 0. The number of Topliss-reactive ketones (excluding diaryl/α,β-unsaturated/α-hetero) is 1. The molecule has 0 saturated carbocycles. The van der Waals surface area contributed by atoms with Crippen LogP contribution in [-0.4, -0.2) is 46.5 Å². The molecule has 2 aromatic carbocycles. The number of piperidine rings is 1. The summed E-state index contributed by atoms with van der Waals surface area (Å²) in [5.74, 6) is -0.202. The average molecular weight is 388 g/mol. The Bertz CT molecular complexity index is 940. The summed E-state index contributed by atoms with van der Waals surface area (Å²) in [5, 5.41) is 0. The zero-order valence-corrected chi connectivity index (χ0v) is 16.5. The van der Waals surface area contributed by atoms with Gasteiger partial charge in [0, 0.05) is 41.4 Å². The fraction of sp³-hybridized carbons (Fsp3) is 0.292. The van der Waals surface area contributed by atoms with Gasteiger partial charge < -0.3 is 4.90 Å². The van der Waals surface area contributed by atoms with Gasteiger partial charge in [-0.3, -0.25) is 19.3 Å². The quantitative estimate of drug-likeness (QED) is 0.752. The summed E-state index contributed by atoms with van der Waals surface area (Å²) < 4.78 is 0. The van der Waals surface area contributed by atoms with E-state index in [-0.39, 0.29) is 23.5 Å². The second-order valence-corrected chi connectivity index (χ2v) is 7.67. The van der Waals surface area contributed by atoms with Crippen molar-refractivity contribution >= 4 is 23.3 Å². The highest BCUT2D eigenvalue weighted by Gasteiger charge is 2.39. The molecule has 2 aliphatic heterocycles. The maximum atomic E-state index is 13.1. The average Bonchev–Trinajstić information content (AvgIpc) is 3.03. The van der Waals surface area contributed by atoms with E-state index in [0.29, 0.717) is 37.2 Å². The zero-order chi connectivity index (χ0) is 20.5. The van der Waals surface area contributed by atoms with Gasteiger partial charge in [0.2, 0.25) is 5.91 Å². The van der Waals surface area contributed by atoms with E-state index in [0.717, 1.165) is 11.1 Å². The van der Waals surface area contributed by atoms with Crippen molar-refractivity contribution < 1.29 is 14.4 Å². The standard InChI is InChI=1S/C24H24N2O3/c1-16-20-10-6-7-11-21(20)24(29)26(16)17(2)23(28)25-14-12-19(13-15-25)22(27)18-8-4-3-5-9-18/h3-11,17,19H,1,12-15H2,2H3/t17-/m0/s1. The topological polar surface area (TPSA) is 57.7 Å². The van der Waals surface area contributed by atoms with E-state index in [4.69, 9.17) is 0 Å².